The molecule has 0 spiro atoms. The third-order valence-corrected chi connectivity index (χ3v) is 5.19. The Balaban J connectivity index is 2.00. The van der Waals surface area contributed by atoms with E-state index < -0.39 is 0 Å². The van der Waals surface area contributed by atoms with Crippen molar-refractivity contribution in [3.8, 4) is 11.5 Å². The highest BCUT2D eigenvalue weighted by molar-refractivity contribution is 8.26. The van der Waals surface area contributed by atoms with Crippen molar-refractivity contribution in [2.75, 3.05) is 27.4 Å². The minimum Gasteiger partial charge on any atom is -0.493 e. The Kier molecular flexibility index (Phi) is 8.12. The third kappa shape index (κ3) is 5.71. The first-order valence-electron chi connectivity index (χ1n) is 8.63. The highest BCUT2D eigenvalue weighted by Gasteiger charge is 2.31. The molecule has 6 nitrogen and oxygen atoms in total. The summed E-state index contributed by atoms with van der Waals surface area (Å²) in [6, 6.07) is 5.43. The van der Waals surface area contributed by atoms with E-state index in [1.807, 2.05) is 13.0 Å². The number of ether oxygens (including phenoxy) is 3. The van der Waals surface area contributed by atoms with E-state index in [0.717, 1.165) is 12.0 Å². The third-order valence-electron chi connectivity index (χ3n) is 3.81. The van der Waals surface area contributed by atoms with E-state index in [1.54, 1.807) is 32.4 Å². The van der Waals surface area contributed by atoms with E-state index >= 15 is 0 Å². The van der Waals surface area contributed by atoms with Gasteiger partial charge in [0.25, 0.3) is 5.91 Å². The van der Waals surface area contributed by atoms with Gasteiger partial charge in [0, 0.05) is 13.0 Å². The number of nitrogens with zero attached hydrogens (tertiary/aromatic N) is 1. The van der Waals surface area contributed by atoms with E-state index in [9.17, 15) is 9.59 Å². The molecule has 0 N–H and O–H groups in total. The molecule has 0 aromatic heterocycles. The first-order valence-corrected chi connectivity index (χ1v) is 9.85. The van der Waals surface area contributed by atoms with Gasteiger partial charge in [-0.1, -0.05) is 37.0 Å². The van der Waals surface area contributed by atoms with Gasteiger partial charge in [-0.3, -0.25) is 14.5 Å². The minimum absolute atomic E-state index is 0.151. The van der Waals surface area contributed by atoms with Crippen LogP contribution >= 0.6 is 24.0 Å². The summed E-state index contributed by atoms with van der Waals surface area (Å²) >= 11 is 6.57. The maximum Gasteiger partial charge on any atom is 0.305 e. The van der Waals surface area contributed by atoms with Gasteiger partial charge >= 0.3 is 5.97 Å². The molecule has 0 atom stereocenters. The Hall–Kier alpha value is -2.06. The van der Waals surface area contributed by atoms with Crippen LogP contribution in [0, 0.1) is 0 Å². The molecule has 0 bridgehead atoms. The first kappa shape index (κ1) is 21.2. The normalized spacial score (nSPS) is 15.4. The van der Waals surface area contributed by atoms with Crippen molar-refractivity contribution in [3.63, 3.8) is 0 Å². The quantitative estimate of drug-likeness (QED) is 0.350. The molecule has 1 fully saturated rings. The van der Waals surface area contributed by atoms with Crippen LogP contribution in [0.3, 0.4) is 0 Å². The SMILES string of the molecule is CCCOC(=O)CCCN1C(=O)C(=Cc2ccc(OC)c(OC)c2)SC1=S. The van der Waals surface area contributed by atoms with Crippen molar-refractivity contribution in [3.05, 3.63) is 28.7 Å². The van der Waals surface area contributed by atoms with Crippen molar-refractivity contribution in [2.24, 2.45) is 0 Å². The molecule has 1 aromatic carbocycles. The maximum atomic E-state index is 12.6. The standard InChI is InChI=1S/C19H23NO5S2/c1-4-10-25-17(21)6-5-9-20-18(22)16(27-19(20)26)12-13-7-8-14(23-2)15(11-13)24-3/h7-8,11-12H,4-6,9-10H2,1-3H3. The van der Waals surface area contributed by atoms with Crippen LogP contribution < -0.4 is 9.47 Å². The number of rotatable bonds is 9. The average molecular weight is 410 g/mol. The number of methoxy groups -OCH3 is 2. The lowest BCUT2D eigenvalue weighted by Gasteiger charge is -2.13. The molecule has 1 aliphatic heterocycles. The molecule has 1 aromatic rings. The van der Waals surface area contributed by atoms with E-state index in [4.69, 9.17) is 26.4 Å². The largest absolute Gasteiger partial charge is 0.493 e. The fourth-order valence-corrected chi connectivity index (χ4v) is 3.76. The topological polar surface area (TPSA) is 65.1 Å². The lowest BCUT2D eigenvalue weighted by atomic mass is 10.2. The zero-order valence-corrected chi connectivity index (χ0v) is 17.3. The number of thioether (sulfide) groups is 1. The molecule has 1 heterocycles. The number of carbonyl (C=O) groups excluding carboxylic acids is 2. The summed E-state index contributed by atoms with van der Waals surface area (Å²) in [6.45, 7) is 2.77. The molecule has 1 amide bonds. The smallest absolute Gasteiger partial charge is 0.305 e. The molecule has 8 heteroatoms. The van der Waals surface area contributed by atoms with Crippen LogP contribution in [0.4, 0.5) is 0 Å². The molecule has 0 radical (unpaired) electrons. The molecular weight excluding hydrogens is 386 g/mol. The van der Waals surface area contributed by atoms with Gasteiger partial charge in [-0.15, -0.1) is 0 Å². The van der Waals surface area contributed by atoms with Gasteiger partial charge in [0.1, 0.15) is 4.32 Å². The molecule has 1 aliphatic rings. The van der Waals surface area contributed by atoms with Gasteiger partial charge in [-0.25, -0.2) is 0 Å². The minimum atomic E-state index is -0.247. The first-order chi connectivity index (χ1) is 13.0. The van der Waals surface area contributed by atoms with Crippen molar-refractivity contribution in [2.45, 2.75) is 26.2 Å². The van der Waals surface area contributed by atoms with Gasteiger partial charge in [0.15, 0.2) is 11.5 Å². The number of hydrogen-bond donors (Lipinski definition) is 0. The van der Waals surface area contributed by atoms with Gasteiger partial charge in [0.2, 0.25) is 0 Å². The second kappa shape index (κ2) is 10.3. The second-order valence-electron chi connectivity index (χ2n) is 5.77. The molecule has 2 rings (SSSR count). The van der Waals surface area contributed by atoms with Gasteiger partial charge in [-0.2, -0.15) is 0 Å². The average Bonchev–Trinajstić information content (AvgIpc) is 2.93. The van der Waals surface area contributed by atoms with Crippen molar-refractivity contribution >= 4 is 46.3 Å². The summed E-state index contributed by atoms with van der Waals surface area (Å²) in [5.74, 6) is 0.814. The summed E-state index contributed by atoms with van der Waals surface area (Å²) in [7, 11) is 3.13. The van der Waals surface area contributed by atoms with Crippen molar-refractivity contribution < 1.29 is 23.8 Å². The van der Waals surface area contributed by atoms with Crippen molar-refractivity contribution in [1.82, 2.24) is 4.90 Å². The Morgan fingerprint density at radius 3 is 2.67 bits per heavy atom. The van der Waals surface area contributed by atoms with E-state index in [0.29, 0.717) is 40.3 Å². The van der Waals surface area contributed by atoms with Gasteiger partial charge in [-0.05, 0) is 36.6 Å². The zero-order valence-electron chi connectivity index (χ0n) is 15.6. The van der Waals surface area contributed by atoms with Crippen molar-refractivity contribution in [1.29, 1.82) is 0 Å². The number of benzene rings is 1. The molecular formula is C19H23NO5S2. The number of carbonyl (C=O) groups is 2. The molecule has 0 saturated carbocycles. The van der Waals surface area contributed by atoms with Crippen LogP contribution in [-0.2, 0) is 14.3 Å². The molecule has 146 valence electrons. The highest BCUT2D eigenvalue weighted by Crippen LogP contribution is 2.34. The Bertz CT molecular complexity index is 748. The summed E-state index contributed by atoms with van der Waals surface area (Å²) in [6.07, 6.45) is 3.35. The number of hydrogen-bond acceptors (Lipinski definition) is 7. The maximum absolute atomic E-state index is 12.6. The molecule has 0 unspecified atom stereocenters. The fourth-order valence-electron chi connectivity index (χ4n) is 2.46. The van der Waals surface area contributed by atoms with Crippen LogP contribution in [0.25, 0.3) is 6.08 Å². The molecule has 27 heavy (non-hydrogen) atoms. The summed E-state index contributed by atoms with van der Waals surface area (Å²) in [5.41, 5.74) is 0.816. The number of thiocarbonyl (C=S) groups is 1. The highest BCUT2D eigenvalue weighted by atomic mass is 32.2. The van der Waals surface area contributed by atoms with Crippen LogP contribution in [-0.4, -0.2) is 48.5 Å². The Labute approximate surface area is 168 Å². The number of esters is 1. The summed E-state index contributed by atoms with van der Waals surface area (Å²) < 4.78 is 16.0. The predicted molar refractivity (Wildman–Crippen MR) is 110 cm³/mol. The Morgan fingerprint density at radius 1 is 1.26 bits per heavy atom. The van der Waals surface area contributed by atoms with Crippen LogP contribution in [0.5, 0.6) is 11.5 Å². The van der Waals surface area contributed by atoms with E-state index in [-0.39, 0.29) is 18.3 Å². The summed E-state index contributed by atoms with van der Waals surface area (Å²) in [5, 5.41) is 0. The lowest BCUT2D eigenvalue weighted by Crippen LogP contribution is -2.29. The van der Waals surface area contributed by atoms with E-state index in [2.05, 4.69) is 0 Å². The molecule has 1 saturated heterocycles. The van der Waals surface area contributed by atoms with Crippen LogP contribution in [0.2, 0.25) is 0 Å². The van der Waals surface area contributed by atoms with Crippen LogP contribution in [0.15, 0.2) is 23.1 Å². The van der Waals surface area contributed by atoms with Gasteiger partial charge in [0.05, 0.1) is 25.7 Å². The van der Waals surface area contributed by atoms with Crippen LogP contribution in [0.1, 0.15) is 31.7 Å². The second-order valence-corrected chi connectivity index (χ2v) is 7.45. The zero-order chi connectivity index (χ0) is 19.8. The predicted octanol–water partition coefficient (Wildman–Crippen LogP) is 3.64. The van der Waals surface area contributed by atoms with E-state index in [1.165, 1.54) is 16.7 Å². The Morgan fingerprint density at radius 2 is 2.00 bits per heavy atom. The number of amides is 1. The van der Waals surface area contributed by atoms with Gasteiger partial charge < -0.3 is 14.2 Å². The fraction of sp³-hybridized carbons (Fsp3) is 0.421. The summed E-state index contributed by atoms with van der Waals surface area (Å²) in [4.78, 5) is 26.3. The monoisotopic (exact) mass is 409 g/mol. The lowest BCUT2D eigenvalue weighted by molar-refractivity contribution is -0.144. The molecule has 0 aliphatic carbocycles.